The number of ether oxygens (including phenoxy) is 2. The molecule has 0 aliphatic rings. The zero-order valence-corrected chi connectivity index (χ0v) is 22.4. The summed E-state index contributed by atoms with van der Waals surface area (Å²) >= 11 is 6.91. The Morgan fingerprint density at radius 2 is 1.89 bits per heavy atom. The number of aromatic nitrogens is 2. The number of rotatable bonds is 8. The fraction of sp³-hybridized carbons (Fsp3) is 0.160. The minimum absolute atomic E-state index is 0.0146. The molecule has 0 N–H and O–H groups in total. The van der Waals surface area contributed by atoms with Crippen LogP contribution in [0.25, 0.3) is 10.9 Å². The lowest BCUT2D eigenvalue weighted by molar-refractivity contribution is -0.384. The molecule has 1 aromatic heterocycles. The monoisotopic (exact) mass is 614 g/mol. The number of hydrogen-bond donors (Lipinski definition) is 0. The number of nitro benzene ring substituents is 1. The predicted molar refractivity (Wildman–Crippen MR) is 144 cm³/mol. The van der Waals surface area contributed by atoms with E-state index in [4.69, 9.17) is 9.47 Å². The van der Waals surface area contributed by atoms with Crippen LogP contribution in [-0.4, -0.2) is 27.9 Å². The van der Waals surface area contributed by atoms with Gasteiger partial charge in [0.25, 0.3) is 11.2 Å². The summed E-state index contributed by atoms with van der Waals surface area (Å²) < 4.78 is 14.1. The third kappa shape index (κ3) is 5.47. The van der Waals surface area contributed by atoms with Gasteiger partial charge in [-0.2, -0.15) is 9.78 Å². The number of benzene rings is 3. The van der Waals surface area contributed by atoms with Crippen molar-refractivity contribution in [3.63, 3.8) is 0 Å². The highest BCUT2D eigenvalue weighted by Gasteiger charge is 2.14. The number of fused-ring (bicyclic) bond motifs is 1. The van der Waals surface area contributed by atoms with E-state index >= 15 is 0 Å². The Hall–Kier alpha value is -3.57. The van der Waals surface area contributed by atoms with Gasteiger partial charge in [-0.25, -0.2) is 4.98 Å². The van der Waals surface area contributed by atoms with Crippen molar-refractivity contribution in [1.82, 2.24) is 9.66 Å². The van der Waals surface area contributed by atoms with E-state index in [0.29, 0.717) is 44.7 Å². The van der Waals surface area contributed by atoms with E-state index in [1.54, 1.807) is 42.6 Å². The molecule has 4 rings (SSSR count). The summed E-state index contributed by atoms with van der Waals surface area (Å²) in [5, 5.41) is 15.7. The van der Waals surface area contributed by atoms with E-state index < -0.39 is 4.92 Å². The first-order valence-electron chi connectivity index (χ1n) is 10.8. The minimum Gasteiger partial charge on any atom is -0.493 e. The first kappa shape index (κ1) is 25.5. The van der Waals surface area contributed by atoms with Gasteiger partial charge in [0.2, 0.25) is 0 Å². The Morgan fingerprint density at radius 3 is 2.56 bits per heavy atom. The molecule has 11 heteroatoms. The van der Waals surface area contributed by atoms with Crippen LogP contribution >= 0.6 is 31.9 Å². The van der Waals surface area contributed by atoms with Crippen LogP contribution in [0.3, 0.4) is 0 Å². The van der Waals surface area contributed by atoms with Crippen LogP contribution in [0.5, 0.6) is 11.5 Å². The zero-order valence-electron chi connectivity index (χ0n) is 19.3. The number of non-ortho nitro benzene ring substituents is 1. The van der Waals surface area contributed by atoms with Gasteiger partial charge in [0.1, 0.15) is 12.4 Å². The smallest absolute Gasteiger partial charge is 0.282 e. The summed E-state index contributed by atoms with van der Waals surface area (Å²) in [5.41, 5.74) is 1.81. The maximum atomic E-state index is 13.1. The van der Waals surface area contributed by atoms with Gasteiger partial charge in [-0.05, 0) is 69.5 Å². The minimum atomic E-state index is -0.449. The van der Waals surface area contributed by atoms with Gasteiger partial charge >= 0.3 is 0 Å². The summed E-state index contributed by atoms with van der Waals surface area (Å²) in [5.74, 6) is 1.47. The van der Waals surface area contributed by atoms with Gasteiger partial charge in [-0.15, -0.1) is 0 Å². The van der Waals surface area contributed by atoms with Crippen molar-refractivity contribution in [2.24, 2.45) is 5.10 Å². The second-order valence-corrected chi connectivity index (χ2v) is 9.42. The number of aryl methyl sites for hydroxylation is 1. The van der Waals surface area contributed by atoms with Crippen LogP contribution in [0.15, 0.2) is 73.4 Å². The van der Waals surface area contributed by atoms with Crippen molar-refractivity contribution < 1.29 is 14.4 Å². The summed E-state index contributed by atoms with van der Waals surface area (Å²) in [6.45, 7) is 2.10. The van der Waals surface area contributed by atoms with Gasteiger partial charge < -0.3 is 9.47 Å². The summed E-state index contributed by atoms with van der Waals surface area (Å²) in [4.78, 5) is 28.1. The number of hydrogen-bond acceptors (Lipinski definition) is 7. The largest absolute Gasteiger partial charge is 0.493 e. The second-order valence-electron chi connectivity index (χ2n) is 7.65. The van der Waals surface area contributed by atoms with Crippen LogP contribution in [0.1, 0.15) is 23.9 Å². The van der Waals surface area contributed by atoms with Crippen molar-refractivity contribution in [1.29, 1.82) is 0 Å². The molecule has 0 radical (unpaired) electrons. The molecule has 0 spiro atoms. The normalized spacial score (nSPS) is 11.2. The van der Waals surface area contributed by atoms with Gasteiger partial charge in [0, 0.05) is 23.0 Å². The molecular weight excluding hydrogens is 596 g/mol. The van der Waals surface area contributed by atoms with Crippen LogP contribution in [0.2, 0.25) is 0 Å². The van der Waals surface area contributed by atoms with Crippen LogP contribution in [-0.2, 0) is 13.0 Å². The number of nitrogens with zero attached hydrogens (tertiary/aromatic N) is 4. The summed E-state index contributed by atoms with van der Waals surface area (Å²) in [7, 11) is 1.52. The number of methoxy groups -OCH3 is 1. The van der Waals surface area contributed by atoms with Gasteiger partial charge in [0.15, 0.2) is 11.5 Å². The molecule has 0 bridgehead atoms. The standard InChI is InChI=1S/C25H20Br2N4O5/c1-3-23-29-21-9-6-17(26)12-19(21)25(32)30(23)28-13-16-10-20(27)24(22(11-16)35-2)36-14-15-4-7-18(8-5-15)31(33)34/h4-13H,3,14H2,1-2H3. The van der Waals surface area contributed by atoms with Crippen LogP contribution < -0.4 is 15.0 Å². The third-order valence-corrected chi connectivity index (χ3v) is 6.38. The van der Waals surface area contributed by atoms with Crippen molar-refractivity contribution in [3.05, 3.63) is 101 Å². The van der Waals surface area contributed by atoms with Crippen molar-refractivity contribution in [2.45, 2.75) is 20.0 Å². The Bertz CT molecular complexity index is 1530. The third-order valence-electron chi connectivity index (χ3n) is 5.30. The zero-order chi connectivity index (χ0) is 25.8. The Morgan fingerprint density at radius 1 is 1.14 bits per heavy atom. The van der Waals surface area contributed by atoms with Gasteiger partial charge in [-0.3, -0.25) is 14.9 Å². The van der Waals surface area contributed by atoms with E-state index in [1.165, 1.54) is 23.9 Å². The van der Waals surface area contributed by atoms with Crippen LogP contribution in [0.4, 0.5) is 5.69 Å². The highest BCUT2D eigenvalue weighted by Crippen LogP contribution is 2.37. The van der Waals surface area contributed by atoms with Gasteiger partial charge in [-0.1, -0.05) is 22.9 Å². The average Bonchev–Trinajstić information content (AvgIpc) is 2.87. The molecule has 36 heavy (non-hydrogen) atoms. The molecule has 0 unspecified atom stereocenters. The molecule has 3 aromatic carbocycles. The quantitative estimate of drug-likeness (QED) is 0.139. The van der Waals surface area contributed by atoms with E-state index in [1.807, 2.05) is 13.0 Å². The molecular formula is C25H20Br2N4O5. The highest BCUT2D eigenvalue weighted by molar-refractivity contribution is 9.10. The van der Waals surface area contributed by atoms with E-state index in [0.717, 1.165) is 10.0 Å². The van der Waals surface area contributed by atoms with E-state index in [2.05, 4.69) is 41.9 Å². The SMILES string of the molecule is CCc1nc2ccc(Br)cc2c(=O)n1N=Cc1cc(Br)c(OCc2ccc([N+](=O)[O-])cc2)c(OC)c1. The Labute approximate surface area is 222 Å². The first-order valence-corrected chi connectivity index (χ1v) is 12.4. The topological polar surface area (TPSA) is 109 Å². The first-order chi connectivity index (χ1) is 17.3. The van der Waals surface area contributed by atoms with Gasteiger partial charge in [0.05, 0.1) is 33.6 Å². The van der Waals surface area contributed by atoms with Crippen molar-refractivity contribution in [2.75, 3.05) is 7.11 Å². The van der Waals surface area contributed by atoms with Crippen molar-refractivity contribution in [3.8, 4) is 11.5 Å². The average molecular weight is 616 g/mol. The van der Waals surface area contributed by atoms with Crippen LogP contribution in [0, 0.1) is 10.1 Å². The molecule has 184 valence electrons. The fourth-order valence-corrected chi connectivity index (χ4v) is 4.43. The van der Waals surface area contributed by atoms with E-state index in [9.17, 15) is 14.9 Å². The molecule has 0 fully saturated rings. The molecule has 9 nitrogen and oxygen atoms in total. The Kier molecular flexibility index (Phi) is 7.80. The number of nitro groups is 1. The molecule has 0 aliphatic carbocycles. The molecule has 0 amide bonds. The van der Waals surface area contributed by atoms with E-state index in [-0.39, 0.29) is 17.9 Å². The molecule has 4 aromatic rings. The lowest BCUT2D eigenvalue weighted by atomic mass is 10.2. The lowest BCUT2D eigenvalue weighted by Crippen LogP contribution is -2.22. The molecule has 1 heterocycles. The molecule has 0 saturated heterocycles. The predicted octanol–water partition coefficient (Wildman–Crippen LogP) is 5.86. The molecule has 0 aliphatic heterocycles. The fourth-order valence-electron chi connectivity index (χ4n) is 3.49. The lowest BCUT2D eigenvalue weighted by Gasteiger charge is -2.13. The van der Waals surface area contributed by atoms with Crippen molar-refractivity contribution >= 4 is 54.7 Å². The maximum Gasteiger partial charge on any atom is 0.282 e. The molecule has 0 atom stereocenters. The maximum absolute atomic E-state index is 13.1. The summed E-state index contributed by atoms with van der Waals surface area (Å²) in [6.07, 6.45) is 2.08. The Balaban J connectivity index is 1.62. The number of halogens is 2. The second kappa shape index (κ2) is 11.0. The summed E-state index contributed by atoms with van der Waals surface area (Å²) in [6, 6.07) is 15.0. The highest BCUT2D eigenvalue weighted by atomic mass is 79.9. The molecule has 0 saturated carbocycles.